The molecule has 364 valence electrons. The fourth-order valence-electron chi connectivity index (χ4n) is 8.04. The molecule has 4 aliphatic rings. The van der Waals surface area contributed by atoms with Gasteiger partial charge in [-0.3, -0.25) is 19.2 Å². The van der Waals surface area contributed by atoms with E-state index >= 15 is 8.78 Å². The van der Waals surface area contributed by atoms with Crippen molar-refractivity contribution in [1.82, 2.24) is 0 Å². The highest BCUT2D eigenvalue weighted by molar-refractivity contribution is 5.68. The van der Waals surface area contributed by atoms with Gasteiger partial charge < -0.3 is 47.4 Å². The van der Waals surface area contributed by atoms with E-state index in [-0.39, 0.29) is 6.42 Å². The number of azide groups is 6. The Morgan fingerprint density at radius 2 is 1.01 bits per heavy atom. The van der Waals surface area contributed by atoms with Crippen LogP contribution in [0, 0.1) is 5.92 Å². The van der Waals surface area contributed by atoms with Crippen LogP contribution in [0.4, 0.5) is 8.78 Å². The molecule has 32 nitrogen and oxygen atoms in total. The van der Waals surface area contributed by atoms with Crippen LogP contribution in [0.2, 0.25) is 0 Å². The molecule has 3 saturated heterocycles. The largest absolute Gasteiger partial charge is 0.459 e. The van der Waals surface area contributed by atoms with E-state index in [0.29, 0.717) is 0 Å². The lowest BCUT2D eigenvalue weighted by atomic mass is 9.83. The van der Waals surface area contributed by atoms with Gasteiger partial charge in [0, 0.05) is 63.1 Å². The standard InChI is InChI=1S/C33H44F2N18O14/c1-7-18-25(66-31-22(47-53-41)27(60-14(5)56)26(59-13(4)55)19(63-31)9-42-48-36)29(61-15(6)57)32(62-18)67-28-23(58-12(3)54)16(44-50-38)8-17(45-51-39)24(28)65-30-21(46-52-40)11(2)33(34,35)20(64-30)10-43-49-37/h11,16-32H,7-10H2,1-6H3/t11-,16-,17+,18-,19+,20-,21-,22-,23+,24-,25?,26-,27-,28-,29-,30-,31?,32+/m1/s1. The Labute approximate surface area is 375 Å². The zero-order chi connectivity index (χ0) is 49.6. The van der Waals surface area contributed by atoms with Gasteiger partial charge in [-0.05, 0) is 46.0 Å². The molecule has 2 unspecified atom stereocenters. The summed E-state index contributed by atoms with van der Waals surface area (Å²) < 4.78 is 90.2. The third-order valence-corrected chi connectivity index (χ3v) is 10.8. The summed E-state index contributed by atoms with van der Waals surface area (Å²) in [6.07, 6.45) is -22.6. The van der Waals surface area contributed by atoms with Crippen molar-refractivity contribution in [2.45, 2.75) is 164 Å². The second kappa shape index (κ2) is 24.2. The molecule has 67 heavy (non-hydrogen) atoms. The van der Waals surface area contributed by atoms with Gasteiger partial charge in [-0.15, -0.1) is 0 Å². The maximum atomic E-state index is 15.6. The van der Waals surface area contributed by atoms with Gasteiger partial charge in [0.2, 0.25) is 0 Å². The number of rotatable bonds is 19. The molecule has 3 aliphatic heterocycles. The first-order chi connectivity index (χ1) is 31.9. The van der Waals surface area contributed by atoms with Crippen molar-refractivity contribution in [2.24, 2.45) is 36.6 Å². The van der Waals surface area contributed by atoms with E-state index in [0.717, 1.165) is 34.6 Å². The Morgan fingerprint density at radius 1 is 0.552 bits per heavy atom. The topological polar surface area (TPSA) is 453 Å². The van der Waals surface area contributed by atoms with Crippen molar-refractivity contribution in [2.75, 3.05) is 13.1 Å². The Kier molecular flexibility index (Phi) is 19.2. The maximum Gasteiger partial charge on any atom is 0.303 e. The Hall–Kier alpha value is -6.64. The Bertz CT molecular complexity index is 2130. The highest BCUT2D eigenvalue weighted by Gasteiger charge is 2.60. The minimum Gasteiger partial charge on any atom is -0.459 e. The molecule has 0 aromatic heterocycles. The number of carbonyl (C=O) groups excluding carboxylic acids is 4. The van der Waals surface area contributed by atoms with Crippen LogP contribution < -0.4 is 0 Å². The molecule has 1 saturated carbocycles. The molecule has 34 heteroatoms. The first-order valence-corrected chi connectivity index (χ1v) is 20.1. The number of halogens is 2. The number of ether oxygens (including phenoxy) is 10. The quantitative estimate of drug-likeness (QED) is 0.0510. The number of alkyl halides is 2. The average Bonchev–Trinajstić information content (AvgIpc) is 3.57. The molecular weight excluding hydrogens is 910 g/mol. The van der Waals surface area contributed by atoms with Gasteiger partial charge >= 0.3 is 23.9 Å². The van der Waals surface area contributed by atoms with Crippen molar-refractivity contribution in [3.8, 4) is 0 Å². The molecule has 0 bridgehead atoms. The molecule has 0 N–H and O–H groups in total. The molecule has 0 aromatic carbocycles. The minimum absolute atomic E-state index is 0.00982. The van der Waals surface area contributed by atoms with Crippen LogP contribution >= 0.6 is 0 Å². The summed E-state index contributed by atoms with van der Waals surface area (Å²) in [7, 11) is 0. The minimum atomic E-state index is -3.78. The summed E-state index contributed by atoms with van der Waals surface area (Å²) in [6, 6.07) is -6.43. The molecule has 4 fully saturated rings. The average molecular weight is 955 g/mol. The van der Waals surface area contributed by atoms with Crippen molar-refractivity contribution < 1.29 is 75.3 Å². The number of carbonyl (C=O) groups is 4. The van der Waals surface area contributed by atoms with Crippen molar-refractivity contribution in [3.05, 3.63) is 62.7 Å². The summed E-state index contributed by atoms with van der Waals surface area (Å²) in [5, 5.41) is 21.3. The van der Waals surface area contributed by atoms with Crippen LogP contribution in [-0.4, -0.2) is 147 Å². The lowest BCUT2D eigenvalue weighted by Crippen LogP contribution is -2.64. The third kappa shape index (κ3) is 12.8. The molecular formula is C33H44F2N18O14. The van der Waals surface area contributed by atoms with E-state index in [1.54, 1.807) is 6.92 Å². The number of hydrogen-bond acceptors (Lipinski definition) is 20. The molecule has 0 spiro atoms. The monoisotopic (exact) mass is 954 g/mol. The van der Waals surface area contributed by atoms with E-state index in [1.807, 2.05) is 0 Å². The second-order valence-electron chi connectivity index (χ2n) is 15.0. The zero-order valence-electron chi connectivity index (χ0n) is 36.2. The van der Waals surface area contributed by atoms with Crippen LogP contribution in [0.5, 0.6) is 0 Å². The van der Waals surface area contributed by atoms with Gasteiger partial charge in [-0.1, -0.05) is 44.5 Å². The van der Waals surface area contributed by atoms with E-state index in [9.17, 15) is 41.3 Å². The van der Waals surface area contributed by atoms with Crippen LogP contribution in [0.1, 0.15) is 54.4 Å². The van der Waals surface area contributed by atoms with E-state index in [1.165, 1.54) is 0 Å². The fourth-order valence-corrected chi connectivity index (χ4v) is 8.04. The first kappa shape index (κ1) is 53.0. The molecule has 4 rings (SSSR count). The Balaban J connectivity index is 1.87. The number of esters is 4. The van der Waals surface area contributed by atoms with E-state index in [4.69, 9.17) is 58.4 Å². The van der Waals surface area contributed by atoms with E-state index in [2.05, 4.69) is 60.2 Å². The van der Waals surface area contributed by atoms with Crippen molar-refractivity contribution >= 4 is 23.9 Å². The molecule has 18 atom stereocenters. The Morgan fingerprint density at radius 3 is 1.57 bits per heavy atom. The summed E-state index contributed by atoms with van der Waals surface area (Å²) in [5.41, 5.74) is 56.3. The van der Waals surface area contributed by atoms with Gasteiger partial charge in [-0.25, -0.2) is 8.78 Å². The van der Waals surface area contributed by atoms with Gasteiger partial charge in [0.05, 0.1) is 43.4 Å². The SMILES string of the molecule is CC[C@H]1O[C@@H](O[C@@H]2[C@@H](OC(C)=O)[C@H](N=[N+]=[N-])C[C@H](N=[N+]=[N-])[C@H]2O[C@H]2O[C@H](CN=[N+]=[N-])C(F)(F)[C@H](C)[C@H]2N=[N+]=[N-])[C@H](OC(C)=O)C1OC1O[C@@H](CN=[N+]=[N-])[C@@H](OC(C)=O)[C@H](OC(C)=O)[C@H]1N=[N+]=[N-]. The van der Waals surface area contributed by atoms with Crippen molar-refractivity contribution in [3.63, 3.8) is 0 Å². The predicted octanol–water partition coefficient (Wildman–Crippen LogP) is 5.46. The number of nitrogens with zero attached hydrogens (tertiary/aromatic N) is 18. The smallest absolute Gasteiger partial charge is 0.303 e. The van der Waals surface area contributed by atoms with Crippen LogP contribution in [0.3, 0.4) is 0 Å². The lowest BCUT2D eigenvalue weighted by Gasteiger charge is -2.48. The van der Waals surface area contributed by atoms with Crippen LogP contribution in [-0.2, 0) is 66.5 Å². The summed E-state index contributed by atoms with van der Waals surface area (Å²) in [4.78, 5) is 66.4. The highest BCUT2D eigenvalue weighted by atomic mass is 19.3. The molecule has 1 aliphatic carbocycles. The third-order valence-electron chi connectivity index (χ3n) is 10.8. The van der Waals surface area contributed by atoms with Gasteiger partial charge in [0.1, 0.15) is 36.6 Å². The van der Waals surface area contributed by atoms with Crippen molar-refractivity contribution in [1.29, 1.82) is 0 Å². The first-order valence-electron chi connectivity index (χ1n) is 20.1. The zero-order valence-corrected chi connectivity index (χ0v) is 36.2. The molecule has 0 amide bonds. The fraction of sp³-hybridized carbons (Fsp3) is 0.879. The molecule has 3 heterocycles. The maximum absolute atomic E-state index is 15.6. The lowest BCUT2D eigenvalue weighted by molar-refractivity contribution is -0.324. The normalized spacial score (nSPS) is 36.2. The summed E-state index contributed by atoms with van der Waals surface area (Å²) in [5.74, 6) is -9.43. The second-order valence-corrected chi connectivity index (χ2v) is 15.0. The van der Waals surface area contributed by atoms with Crippen LogP contribution in [0.25, 0.3) is 62.7 Å². The molecule has 0 radical (unpaired) electrons. The predicted molar refractivity (Wildman–Crippen MR) is 212 cm³/mol. The highest BCUT2D eigenvalue weighted by Crippen LogP contribution is 2.44. The van der Waals surface area contributed by atoms with Crippen LogP contribution in [0.15, 0.2) is 30.7 Å². The summed E-state index contributed by atoms with van der Waals surface area (Å²) in [6.45, 7) is 5.10. The van der Waals surface area contributed by atoms with Gasteiger partial charge in [-0.2, -0.15) is 0 Å². The van der Waals surface area contributed by atoms with E-state index < -0.39 is 159 Å². The van der Waals surface area contributed by atoms with Gasteiger partial charge in [0.25, 0.3) is 5.92 Å². The number of hydrogen-bond donors (Lipinski definition) is 0. The van der Waals surface area contributed by atoms with Gasteiger partial charge in [0.15, 0.2) is 37.2 Å². The molecule has 0 aromatic rings. The summed E-state index contributed by atoms with van der Waals surface area (Å²) >= 11 is 0.